The standard InChI is InChI=1S/C14H19N3S/c1-3-6-17-10-16-8-13(17)9-18-14-7-12(15)5-4-11(14)2/h4-5,7-8,10H,3,6,9,15H2,1-2H3. The molecule has 1 aromatic heterocycles. The summed E-state index contributed by atoms with van der Waals surface area (Å²) in [5.41, 5.74) is 9.19. The number of rotatable bonds is 5. The van der Waals surface area contributed by atoms with Crippen LogP contribution in [0, 0.1) is 6.92 Å². The highest BCUT2D eigenvalue weighted by Crippen LogP contribution is 2.27. The fourth-order valence-electron chi connectivity index (χ4n) is 1.83. The lowest BCUT2D eigenvalue weighted by molar-refractivity contribution is 0.659. The van der Waals surface area contributed by atoms with Crippen LogP contribution in [0.25, 0.3) is 0 Å². The van der Waals surface area contributed by atoms with Crippen molar-refractivity contribution in [3.63, 3.8) is 0 Å². The van der Waals surface area contributed by atoms with E-state index < -0.39 is 0 Å². The summed E-state index contributed by atoms with van der Waals surface area (Å²) in [6.45, 7) is 5.33. The van der Waals surface area contributed by atoms with Gasteiger partial charge in [0.05, 0.1) is 6.33 Å². The van der Waals surface area contributed by atoms with E-state index >= 15 is 0 Å². The summed E-state index contributed by atoms with van der Waals surface area (Å²) in [6.07, 6.45) is 4.99. The summed E-state index contributed by atoms with van der Waals surface area (Å²) < 4.78 is 2.22. The van der Waals surface area contributed by atoms with E-state index in [0.29, 0.717) is 0 Å². The summed E-state index contributed by atoms with van der Waals surface area (Å²) in [7, 11) is 0. The maximum Gasteiger partial charge on any atom is 0.0948 e. The number of hydrogen-bond donors (Lipinski definition) is 1. The Morgan fingerprint density at radius 3 is 3.00 bits per heavy atom. The topological polar surface area (TPSA) is 43.8 Å². The van der Waals surface area contributed by atoms with Gasteiger partial charge in [0.2, 0.25) is 0 Å². The maximum atomic E-state index is 5.82. The summed E-state index contributed by atoms with van der Waals surface area (Å²) in [6, 6.07) is 6.06. The number of imidazole rings is 1. The smallest absolute Gasteiger partial charge is 0.0948 e. The van der Waals surface area contributed by atoms with E-state index in [0.717, 1.165) is 24.4 Å². The molecule has 4 heteroatoms. The first kappa shape index (κ1) is 13.0. The minimum atomic E-state index is 0.824. The molecule has 18 heavy (non-hydrogen) atoms. The van der Waals surface area contributed by atoms with E-state index in [4.69, 9.17) is 5.73 Å². The molecule has 3 nitrogen and oxygen atoms in total. The van der Waals surface area contributed by atoms with E-state index in [-0.39, 0.29) is 0 Å². The molecule has 0 atom stereocenters. The van der Waals surface area contributed by atoms with E-state index in [1.54, 1.807) is 0 Å². The van der Waals surface area contributed by atoms with E-state index in [1.165, 1.54) is 16.2 Å². The van der Waals surface area contributed by atoms with Gasteiger partial charge in [-0.3, -0.25) is 0 Å². The van der Waals surface area contributed by atoms with Gasteiger partial charge in [0.25, 0.3) is 0 Å². The summed E-state index contributed by atoms with van der Waals surface area (Å²) in [5, 5.41) is 0. The van der Waals surface area contributed by atoms with E-state index in [1.807, 2.05) is 36.4 Å². The van der Waals surface area contributed by atoms with E-state index in [2.05, 4.69) is 29.5 Å². The number of nitrogens with two attached hydrogens (primary N) is 1. The third-order valence-electron chi connectivity index (χ3n) is 2.85. The highest BCUT2D eigenvalue weighted by molar-refractivity contribution is 7.98. The van der Waals surface area contributed by atoms with Crippen molar-refractivity contribution in [1.29, 1.82) is 0 Å². The zero-order valence-corrected chi connectivity index (χ0v) is 11.7. The molecule has 2 aromatic rings. The molecule has 2 rings (SSSR count). The van der Waals surface area contributed by atoms with Crippen LogP contribution in [0.4, 0.5) is 5.69 Å². The Morgan fingerprint density at radius 1 is 1.39 bits per heavy atom. The number of anilines is 1. The SMILES string of the molecule is CCCn1cncc1CSc1cc(N)ccc1C. The van der Waals surface area contributed by atoms with Crippen molar-refractivity contribution in [3.05, 3.63) is 42.0 Å². The molecule has 0 amide bonds. The average Bonchev–Trinajstić information content (AvgIpc) is 2.78. The molecule has 0 aliphatic heterocycles. The number of aryl methyl sites for hydroxylation is 2. The normalized spacial score (nSPS) is 10.8. The Labute approximate surface area is 112 Å². The van der Waals surface area contributed by atoms with Crippen LogP contribution in [0.1, 0.15) is 24.6 Å². The molecule has 0 saturated heterocycles. The second-order valence-corrected chi connectivity index (χ2v) is 5.41. The van der Waals surface area contributed by atoms with Gasteiger partial charge in [0.1, 0.15) is 0 Å². The minimum absolute atomic E-state index is 0.824. The predicted octanol–water partition coefficient (Wildman–Crippen LogP) is 3.48. The monoisotopic (exact) mass is 261 g/mol. The summed E-state index contributed by atoms with van der Waals surface area (Å²) in [4.78, 5) is 5.47. The van der Waals surface area contributed by atoms with Gasteiger partial charge in [-0.15, -0.1) is 11.8 Å². The van der Waals surface area contributed by atoms with Crippen molar-refractivity contribution in [2.45, 2.75) is 37.5 Å². The minimum Gasteiger partial charge on any atom is -0.399 e. The molecule has 1 heterocycles. The van der Waals surface area contributed by atoms with Gasteiger partial charge in [-0.1, -0.05) is 13.0 Å². The van der Waals surface area contributed by atoms with Crippen molar-refractivity contribution < 1.29 is 0 Å². The number of nitrogen functional groups attached to an aromatic ring is 1. The Kier molecular flexibility index (Phi) is 4.31. The van der Waals surface area contributed by atoms with Crippen LogP contribution in [0.3, 0.4) is 0 Å². The first-order chi connectivity index (χ1) is 8.70. The van der Waals surface area contributed by atoms with Crippen LogP contribution in [-0.2, 0) is 12.3 Å². The Hall–Kier alpha value is -1.42. The number of thioether (sulfide) groups is 1. The van der Waals surface area contributed by atoms with Crippen LogP contribution in [0.2, 0.25) is 0 Å². The Morgan fingerprint density at radius 2 is 2.22 bits per heavy atom. The fourth-order valence-corrected chi connectivity index (χ4v) is 2.89. The van der Waals surface area contributed by atoms with Gasteiger partial charge in [0.15, 0.2) is 0 Å². The third-order valence-corrected chi connectivity index (χ3v) is 4.04. The largest absolute Gasteiger partial charge is 0.399 e. The second kappa shape index (κ2) is 5.96. The van der Waals surface area contributed by atoms with Crippen molar-refractivity contribution in [3.8, 4) is 0 Å². The second-order valence-electron chi connectivity index (χ2n) is 4.39. The zero-order valence-electron chi connectivity index (χ0n) is 10.9. The zero-order chi connectivity index (χ0) is 13.0. The lowest BCUT2D eigenvalue weighted by atomic mass is 10.2. The molecule has 0 unspecified atom stereocenters. The van der Waals surface area contributed by atoms with Crippen molar-refractivity contribution in [2.24, 2.45) is 0 Å². The van der Waals surface area contributed by atoms with Crippen molar-refractivity contribution in [2.75, 3.05) is 5.73 Å². The lowest BCUT2D eigenvalue weighted by Crippen LogP contribution is -1.99. The molecular weight excluding hydrogens is 242 g/mol. The molecule has 0 aliphatic rings. The Balaban J connectivity index is 2.06. The maximum absolute atomic E-state index is 5.82. The molecule has 1 aromatic carbocycles. The summed E-state index contributed by atoms with van der Waals surface area (Å²) in [5.74, 6) is 0.935. The third kappa shape index (κ3) is 3.07. The van der Waals surface area contributed by atoms with Gasteiger partial charge < -0.3 is 10.3 Å². The molecule has 96 valence electrons. The molecule has 2 N–H and O–H groups in total. The van der Waals surface area contributed by atoms with Crippen molar-refractivity contribution >= 4 is 17.4 Å². The molecule has 0 spiro atoms. The first-order valence-corrected chi connectivity index (χ1v) is 7.17. The number of benzene rings is 1. The number of hydrogen-bond acceptors (Lipinski definition) is 3. The van der Waals surface area contributed by atoms with Gasteiger partial charge in [0, 0.05) is 34.8 Å². The van der Waals surface area contributed by atoms with Gasteiger partial charge in [-0.25, -0.2) is 4.98 Å². The molecule has 0 saturated carbocycles. The highest BCUT2D eigenvalue weighted by atomic mass is 32.2. The molecular formula is C14H19N3S. The quantitative estimate of drug-likeness (QED) is 0.662. The van der Waals surface area contributed by atoms with Gasteiger partial charge >= 0.3 is 0 Å². The van der Waals surface area contributed by atoms with Gasteiger partial charge in [-0.05, 0) is 31.0 Å². The lowest BCUT2D eigenvalue weighted by Gasteiger charge is -2.08. The van der Waals surface area contributed by atoms with E-state index in [9.17, 15) is 0 Å². The van der Waals surface area contributed by atoms with Crippen LogP contribution in [0.5, 0.6) is 0 Å². The number of nitrogens with zero attached hydrogens (tertiary/aromatic N) is 2. The molecule has 0 fully saturated rings. The molecule has 0 bridgehead atoms. The van der Waals surface area contributed by atoms with Crippen LogP contribution >= 0.6 is 11.8 Å². The number of aromatic nitrogens is 2. The predicted molar refractivity (Wildman–Crippen MR) is 77.7 cm³/mol. The fraction of sp³-hybridized carbons (Fsp3) is 0.357. The van der Waals surface area contributed by atoms with Gasteiger partial charge in [-0.2, -0.15) is 0 Å². The van der Waals surface area contributed by atoms with Crippen LogP contribution < -0.4 is 5.73 Å². The highest BCUT2D eigenvalue weighted by Gasteiger charge is 2.04. The molecule has 0 radical (unpaired) electrons. The molecule has 0 aliphatic carbocycles. The van der Waals surface area contributed by atoms with Crippen LogP contribution in [-0.4, -0.2) is 9.55 Å². The summed E-state index contributed by atoms with van der Waals surface area (Å²) >= 11 is 1.82. The first-order valence-electron chi connectivity index (χ1n) is 6.18. The Bertz CT molecular complexity index is 520. The van der Waals surface area contributed by atoms with Crippen molar-refractivity contribution in [1.82, 2.24) is 9.55 Å². The average molecular weight is 261 g/mol. The van der Waals surface area contributed by atoms with Crippen LogP contribution in [0.15, 0.2) is 35.6 Å².